The minimum atomic E-state index is -0.309. The quantitative estimate of drug-likeness (QED) is 0.716. The summed E-state index contributed by atoms with van der Waals surface area (Å²) in [5.41, 5.74) is 1.56. The maximum absolute atomic E-state index is 12.9. The van der Waals surface area contributed by atoms with E-state index in [1.807, 2.05) is 72.2 Å². The summed E-state index contributed by atoms with van der Waals surface area (Å²) in [6, 6.07) is 17.6. The summed E-state index contributed by atoms with van der Waals surface area (Å²) in [5.74, 6) is 1.34. The van der Waals surface area contributed by atoms with Crippen molar-refractivity contribution in [2.24, 2.45) is 0 Å². The van der Waals surface area contributed by atoms with Gasteiger partial charge in [0.25, 0.3) is 5.91 Å². The average Bonchev–Trinajstić information content (AvgIpc) is 2.80. The molecule has 2 aromatic rings. The summed E-state index contributed by atoms with van der Waals surface area (Å²) >= 11 is 0. The van der Waals surface area contributed by atoms with E-state index in [-0.39, 0.29) is 23.3 Å². The van der Waals surface area contributed by atoms with Gasteiger partial charge < -0.3 is 14.5 Å². The number of hydrogen-bond acceptors (Lipinski definition) is 3. The number of rotatable bonds is 5. The van der Waals surface area contributed by atoms with Crippen molar-refractivity contribution in [3.05, 3.63) is 65.7 Å². The Morgan fingerprint density at radius 3 is 2.32 bits per heavy atom. The van der Waals surface area contributed by atoms with E-state index < -0.39 is 0 Å². The van der Waals surface area contributed by atoms with E-state index in [2.05, 4.69) is 6.07 Å². The van der Waals surface area contributed by atoms with Gasteiger partial charge in [0, 0.05) is 56.9 Å². The lowest BCUT2D eigenvalue weighted by atomic mass is 9.76. The second-order valence-electron chi connectivity index (χ2n) is 8.65. The van der Waals surface area contributed by atoms with Gasteiger partial charge in [-0.2, -0.15) is 0 Å². The summed E-state index contributed by atoms with van der Waals surface area (Å²) in [7, 11) is 0. The molecular formula is C26H32N2O3. The van der Waals surface area contributed by atoms with Crippen LogP contribution in [0.1, 0.15) is 61.4 Å². The predicted molar refractivity (Wildman–Crippen MR) is 121 cm³/mol. The summed E-state index contributed by atoms with van der Waals surface area (Å²) in [4.78, 5) is 29.6. The van der Waals surface area contributed by atoms with Crippen LogP contribution in [0.4, 0.5) is 0 Å². The van der Waals surface area contributed by atoms with Gasteiger partial charge in [-0.05, 0) is 44.0 Å². The molecule has 0 unspecified atom stereocenters. The summed E-state index contributed by atoms with van der Waals surface area (Å²) in [6.07, 6.45) is 2.91. The van der Waals surface area contributed by atoms with Gasteiger partial charge in [0.2, 0.25) is 5.91 Å². The fourth-order valence-corrected chi connectivity index (χ4v) is 5.03. The molecule has 0 bridgehead atoms. The first kappa shape index (κ1) is 21.4. The molecule has 1 atom stereocenters. The molecule has 2 aliphatic rings. The summed E-state index contributed by atoms with van der Waals surface area (Å²) in [6.45, 7) is 6.88. The number of amides is 2. The van der Waals surface area contributed by atoms with Crippen LogP contribution in [-0.2, 0) is 4.79 Å². The van der Waals surface area contributed by atoms with Gasteiger partial charge in [0.05, 0.1) is 0 Å². The van der Waals surface area contributed by atoms with Crippen molar-refractivity contribution in [3.63, 3.8) is 0 Å². The van der Waals surface area contributed by atoms with Gasteiger partial charge in [-0.3, -0.25) is 9.59 Å². The van der Waals surface area contributed by atoms with Crippen molar-refractivity contribution < 1.29 is 14.3 Å². The molecule has 0 aromatic heterocycles. The zero-order valence-electron chi connectivity index (χ0n) is 18.5. The molecule has 2 aromatic carbocycles. The van der Waals surface area contributed by atoms with Crippen LogP contribution >= 0.6 is 0 Å². The molecule has 5 heteroatoms. The van der Waals surface area contributed by atoms with Crippen molar-refractivity contribution in [2.75, 3.05) is 26.2 Å². The van der Waals surface area contributed by atoms with Crippen LogP contribution in [0.5, 0.6) is 5.75 Å². The Labute approximate surface area is 185 Å². The number of benzene rings is 2. The van der Waals surface area contributed by atoms with Gasteiger partial charge >= 0.3 is 0 Å². The molecule has 0 radical (unpaired) electrons. The topological polar surface area (TPSA) is 49.9 Å². The van der Waals surface area contributed by atoms with Crippen molar-refractivity contribution in [1.29, 1.82) is 0 Å². The van der Waals surface area contributed by atoms with Crippen molar-refractivity contribution in [1.82, 2.24) is 9.80 Å². The molecule has 0 N–H and O–H groups in total. The second-order valence-corrected chi connectivity index (χ2v) is 8.65. The van der Waals surface area contributed by atoms with Gasteiger partial charge in [0.1, 0.15) is 11.4 Å². The van der Waals surface area contributed by atoms with E-state index in [1.165, 1.54) is 0 Å². The normalized spacial score (nSPS) is 19.4. The third-order valence-electron chi connectivity index (χ3n) is 6.82. The van der Waals surface area contributed by atoms with E-state index in [1.54, 1.807) is 0 Å². The van der Waals surface area contributed by atoms with Crippen LogP contribution < -0.4 is 4.74 Å². The van der Waals surface area contributed by atoms with Gasteiger partial charge in [-0.25, -0.2) is 0 Å². The Balaban J connectivity index is 1.50. The summed E-state index contributed by atoms with van der Waals surface area (Å²) < 4.78 is 6.56. The molecule has 2 amide bonds. The number of piperidine rings is 1. The Kier molecular flexibility index (Phi) is 6.30. The van der Waals surface area contributed by atoms with Crippen LogP contribution in [0, 0.1) is 0 Å². The minimum absolute atomic E-state index is 0.0833. The first-order valence-electron chi connectivity index (χ1n) is 11.5. The number of para-hydroxylation sites is 1. The molecule has 5 nitrogen and oxygen atoms in total. The molecule has 1 spiro atoms. The van der Waals surface area contributed by atoms with Crippen LogP contribution in [-0.4, -0.2) is 53.4 Å². The fourth-order valence-electron chi connectivity index (χ4n) is 5.03. The number of fused-ring (bicyclic) bond motifs is 1. The molecule has 1 fully saturated rings. The standard InChI is InChI=1S/C26H32N2O3/c1-3-27(4-2)24(29)18-21-19-26(31-23-13-9-8-12-22(21)23)14-16-28(17-15-26)25(30)20-10-6-5-7-11-20/h5-13,21H,3-4,14-19H2,1-2H3/t21-/m1/s1. The molecule has 0 aliphatic carbocycles. The predicted octanol–water partition coefficient (Wildman–Crippen LogP) is 4.49. The van der Waals surface area contributed by atoms with Crippen molar-refractivity contribution in [2.45, 2.75) is 51.0 Å². The largest absolute Gasteiger partial charge is 0.487 e. The molecule has 0 saturated carbocycles. The molecular weight excluding hydrogens is 388 g/mol. The zero-order valence-corrected chi connectivity index (χ0v) is 18.5. The molecule has 2 heterocycles. The Hall–Kier alpha value is -2.82. The van der Waals surface area contributed by atoms with Crippen LogP contribution in [0.2, 0.25) is 0 Å². The number of nitrogens with zero attached hydrogens (tertiary/aromatic N) is 2. The number of likely N-dealkylation sites (tertiary alicyclic amines) is 1. The Bertz CT molecular complexity index is 915. The smallest absolute Gasteiger partial charge is 0.253 e. The SMILES string of the molecule is CCN(CC)C(=O)C[C@@H]1CC2(CCN(C(=O)c3ccccc3)CC2)Oc2ccccc21. The third-order valence-corrected chi connectivity index (χ3v) is 6.82. The molecule has 4 rings (SSSR count). The highest BCUT2D eigenvalue weighted by molar-refractivity contribution is 5.94. The van der Waals surface area contributed by atoms with E-state index in [0.29, 0.717) is 19.5 Å². The Morgan fingerprint density at radius 2 is 1.65 bits per heavy atom. The number of carbonyl (C=O) groups excluding carboxylic acids is 2. The third kappa shape index (κ3) is 4.46. The van der Waals surface area contributed by atoms with E-state index in [0.717, 1.165) is 49.2 Å². The monoisotopic (exact) mass is 420 g/mol. The molecule has 31 heavy (non-hydrogen) atoms. The second kappa shape index (κ2) is 9.13. The first-order valence-corrected chi connectivity index (χ1v) is 11.5. The molecule has 164 valence electrons. The summed E-state index contributed by atoms with van der Waals surface area (Å²) in [5, 5.41) is 0. The van der Waals surface area contributed by atoms with Gasteiger partial charge in [0.15, 0.2) is 0 Å². The molecule has 2 aliphatic heterocycles. The van der Waals surface area contributed by atoms with Crippen molar-refractivity contribution in [3.8, 4) is 5.75 Å². The lowest BCUT2D eigenvalue weighted by molar-refractivity contribution is -0.131. The first-order chi connectivity index (χ1) is 15.0. The number of hydrogen-bond donors (Lipinski definition) is 0. The van der Waals surface area contributed by atoms with Crippen LogP contribution in [0.15, 0.2) is 54.6 Å². The minimum Gasteiger partial charge on any atom is -0.487 e. The Morgan fingerprint density at radius 1 is 1.00 bits per heavy atom. The zero-order chi connectivity index (χ0) is 21.8. The maximum atomic E-state index is 12.9. The lowest BCUT2D eigenvalue weighted by Gasteiger charge is -2.47. The fraction of sp³-hybridized carbons (Fsp3) is 0.462. The maximum Gasteiger partial charge on any atom is 0.253 e. The van der Waals surface area contributed by atoms with E-state index in [4.69, 9.17) is 4.74 Å². The highest BCUT2D eigenvalue weighted by Crippen LogP contribution is 2.46. The highest BCUT2D eigenvalue weighted by Gasteiger charge is 2.44. The van der Waals surface area contributed by atoms with Crippen LogP contribution in [0.3, 0.4) is 0 Å². The average molecular weight is 421 g/mol. The van der Waals surface area contributed by atoms with Crippen molar-refractivity contribution >= 4 is 11.8 Å². The lowest BCUT2D eigenvalue weighted by Crippen LogP contribution is -2.52. The van der Waals surface area contributed by atoms with Gasteiger partial charge in [-0.1, -0.05) is 36.4 Å². The number of ether oxygens (including phenoxy) is 1. The number of carbonyl (C=O) groups is 2. The van der Waals surface area contributed by atoms with Gasteiger partial charge in [-0.15, -0.1) is 0 Å². The van der Waals surface area contributed by atoms with Crippen LogP contribution in [0.25, 0.3) is 0 Å². The van der Waals surface area contributed by atoms with E-state index >= 15 is 0 Å². The highest BCUT2D eigenvalue weighted by atomic mass is 16.5. The van der Waals surface area contributed by atoms with E-state index in [9.17, 15) is 9.59 Å². The molecule has 1 saturated heterocycles.